The summed E-state index contributed by atoms with van der Waals surface area (Å²) in [5.74, 6) is 0.154. The lowest BCUT2D eigenvalue weighted by Gasteiger charge is -2.24. The maximum absolute atomic E-state index is 11.9. The molecular weight excluding hydrogens is 216 g/mol. The minimum Gasteiger partial charge on any atom is -0.508 e. The Hall–Kier alpha value is -1.55. The first kappa shape index (κ1) is 13.5. The van der Waals surface area contributed by atoms with E-state index in [0.29, 0.717) is 6.42 Å². The molecule has 0 radical (unpaired) electrons. The molecule has 1 aromatic rings. The largest absolute Gasteiger partial charge is 0.508 e. The fourth-order valence-corrected chi connectivity index (χ4v) is 1.49. The number of benzene rings is 1. The normalized spacial score (nSPS) is 12.5. The quantitative estimate of drug-likeness (QED) is 0.823. The van der Waals surface area contributed by atoms with Crippen molar-refractivity contribution in [3.8, 4) is 5.75 Å². The van der Waals surface area contributed by atoms with Crippen LogP contribution in [0.2, 0.25) is 0 Å². The lowest BCUT2D eigenvalue weighted by molar-refractivity contribution is -0.132. The molecule has 1 aromatic carbocycles. The Morgan fingerprint density at radius 1 is 1.35 bits per heavy atom. The summed E-state index contributed by atoms with van der Waals surface area (Å²) in [7, 11) is 1.75. The second kappa shape index (κ2) is 5.68. The number of hydrogen-bond donors (Lipinski definition) is 2. The van der Waals surface area contributed by atoms with E-state index in [2.05, 4.69) is 0 Å². The minimum atomic E-state index is -0.535. The molecule has 0 saturated carbocycles. The second-order valence-corrected chi connectivity index (χ2v) is 4.52. The van der Waals surface area contributed by atoms with E-state index in [1.54, 1.807) is 36.2 Å². The van der Waals surface area contributed by atoms with Crippen molar-refractivity contribution in [2.24, 2.45) is 5.73 Å². The Balaban J connectivity index is 2.63. The molecule has 0 heterocycles. The summed E-state index contributed by atoms with van der Waals surface area (Å²) in [6.07, 6.45) is 0.482. The average Bonchev–Trinajstić information content (AvgIpc) is 2.30. The number of likely N-dealkylation sites (N-methyl/N-ethyl adjacent to an activating group) is 1. The summed E-state index contributed by atoms with van der Waals surface area (Å²) in [6, 6.07) is 6.35. The molecule has 4 nitrogen and oxygen atoms in total. The van der Waals surface area contributed by atoms with Crippen LogP contribution in [0.25, 0.3) is 0 Å². The first-order chi connectivity index (χ1) is 7.91. The van der Waals surface area contributed by atoms with Crippen molar-refractivity contribution in [1.82, 2.24) is 4.90 Å². The van der Waals surface area contributed by atoms with E-state index >= 15 is 0 Å². The van der Waals surface area contributed by atoms with Crippen molar-refractivity contribution < 1.29 is 9.90 Å². The Morgan fingerprint density at radius 3 is 2.35 bits per heavy atom. The molecule has 94 valence electrons. The molecule has 17 heavy (non-hydrogen) atoms. The molecule has 0 aliphatic heterocycles. The van der Waals surface area contributed by atoms with Crippen LogP contribution in [-0.2, 0) is 11.2 Å². The molecule has 0 fully saturated rings. The van der Waals surface area contributed by atoms with Crippen molar-refractivity contribution in [1.29, 1.82) is 0 Å². The van der Waals surface area contributed by atoms with Gasteiger partial charge in [0.05, 0.1) is 6.04 Å². The zero-order chi connectivity index (χ0) is 13.0. The average molecular weight is 236 g/mol. The van der Waals surface area contributed by atoms with Crippen LogP contribution >= 0.6 is 0 Å². The monoisotopic (exact) mass is 236 g/mol. The SMILES string of the molecule is CC(C)N(C)C(=O)C(N)Cc1ccc(O)cc1. The molecule has 0 aromatic heterocycles. The molecule has 1 atom stereocenters. The summed E-state index contributed by atoms with van der Waals surface area (Å²) in [5, 5.41) is 9.15. The van der Waals surface area contributed by atoms with Gasteiger partial charge in [-0.3, -0.25) is 4.79 Å². The lowest BCUT2D eigenvalue weighted by atomic mass is 10.1. The maximum Gasteiger partial charge on any atom is 0.239 e. The van der Waals surface area contributed by atoms with Gasteiger partial charge in [0.2, 0.25) is 5.91 Å². The van der Waals surface area contributed by atoms with E-state index in [1.807, 2.05) is 13.8 Å². The zero-order valence-electron chi connectivity index (χ0n) is 10.6. The van der Waals surface area contributed by atoms with Gasteiger partial charge in [-0.1, -0.05) is 12.1 Å². The van der Waals surface area contributed by atoms with Gasteiger partial charge in [-0.05, 0) is 38.0 Å². The molecule has 0 saturated heterocycles. The van der Waals surface area contributed by atoms with Crippen LogP contribution in [0.5, 0.6) is 5.75 Å². The molecule has 3 N–H and O–H groups in total. The number of carbonyl (C=O) groups is 1. The van der Waals surface area contributed by atoms with E-state index in [0.717, 1.165) is 5.56 Å². The number of amides is 1. The number of phenolic OH excluding ortho intramolecular Hbond substituents is 1. The molecular formula is C13H20N2O2. The van der Waals surface area contributed by atoms with Crippen molar-refractivity contribution in [2.45, 2.75) is 32.4 Å². The minimum absolute atomic E-state index is 0.0620. The fraction of sp³-hybridized carbons (Fsp3) is 0.462. The van der Waals surface area contributed by atoms with Gasteiger partial charge in [0.25, 0.3) is 0 Å². The summed E-state index contributed by atoms with van der Waals surface area (Å²) < 4.78 is 0. The highest BCUT2D eigenvalue weighted by Gasteiger charge is 2.19. The fourth-order valence-electron chi connectivity index (χ4n) is 1.49. The van der Waals surface area contributed by atoms with Gasteiger partial charge in [-0.15, -0.1) is 0 Å². The molecule has 1 amide bonds. The first-order valence-corrected chi connectivity index (χ1v) is 5.72. The third-order valence-corrected chi connectivity index (χ3v) is 2.83. The van der Waals surface area contributed by atoms with Gasteiger partial charge in [0, 0.05) is 13.1 Å². The first-order valence-electron chi connectivity index (χ1n) is 5.72. The van der Waals surface area contributed by atoms with Crippen LogP contribution in [0.1, 0.15) is 19.4 Å². The highest BCUT2D eigenvalue weighted by atomic mass is 16.3. The van der Waals surface area contributed by atoms with Crippen LogP contribution in [-0.4, -0.2) is 35.0 Å². The Morgan fingerprint density at radius 2 is 1.88 bits per heavy atom. The number of hydrogen-bond acceptors (Lipinski definition) is 3. The molecule has 1 unspecified atom stereocenters. The van der Waals surface area contributed by atoms with Crippen LogP contribution < -0.4 is 5.73 Å². The highest BCUT2D eigenvalue weighted by Crippen LogP contribution is 2.11. The molecule has 0 aliphatic carbocycles. The van der Waals surface area contributed by atoms with Crippen molar-refractivity contribution in [2.75, 3.05) is 7.05 Å². The van der Waals surface area contributed by atoms with Crippen LogP contribution in [0.4, 0.5) is 0 Å². The Labute approximate surface area is 102 Å². The summed E-state index contributed by atoms with van der Waals surface area (Å²) >= 11 is 0. The molecule has 4 heteroatoms. The second-order valence-electron chi connectivity index (χ2n) is 4.52. The number of nitrogens with two attached hydrogens (primary N) is 1. The van der Waals surface area contributed by atoms with Gasteiger partial charge >= 0.3 is 0 Å². The van der Waals surface area contributed by atoms with Gasteiger partial charge in [0.15, 0.2) is 0 Å². The van der Waals surface area contributed by atoms with Crippen molar-refractivity contribution in [3.63, 3.8) is 0 Å². The Kier molecular flexibility index (Phi) is 4.52. The predicted octanol–water partition coefficient (Wildman–Crippen LogP) is 1.13. The topological polar surface area (TPSA) is 66.6 Å². The third-order valence-electron chi connectivity index (χ3n) is 2.83. The Bertz CT molecular complexity index is 374. The van der Waals surface area contributed by atoms with Gasteiger partial charge in [-0.25, -0.2) is 0 Å². The molecule has 0 aliphatic rings. The third kappa shape index (κ3) is 3.75. The van der Waals surface area contributed by atoms with Crippen LogP contribution in [0.3, 0.4) is 0 Å². The van der Waals surface area contributed by atoms with Gasteiger partial charge in [0.1, 0.15) is 5.75 Å². The molecule has 0 spiro atoms. The zero-order valence-corrected chi connectivity index (χ0v) is 10.6. The number of aromatic hydroxyl groups is 1. The number of rotatable bonds is 4. The summed E-state index contributed by atoms with van der Waals surface area (Å²) in [6.45, 7) is 3.90. The molecule has 1 rings (SSSR count). The number of phenols is 1. The van der Waals surface area contributed by atoms with E-state index in [1.165, 1.54) is 0 Å². The van der Waals surface area contributed by atoms with Crippen molar-refractivity contribution in [3.05, 3.63) is 29.8 Å². The maximum atomic E-state index is 11.9. The van der Waals surface area contributed by atoms with E-state index in [-0.39, 0.29) is 17.7 Å². The smallest absolute Gasteiger partial charge is 0.239 e. The van der Waals surface area contributed by atoms with E-state index in [4.69, 9.17) is 10.8 Å². The van der Waals surface area contributed by atoms with Gasteiger partial charge < -0.3 is 15.7 Å². The predicted molar refractivity (Wildman–Crippen MR) is 67.7 cm³/mol. The standard InChI is InChI=1S/C13H20N2O2/c1-9(2)15(3)13(17)12(14)8-10-4-6-11(16)7-5-10/h4-7,9,12,16H,8,14H2,1-3H3. The molecule has 0 bridgehead atoms. The highest BCUT2D eigenvalue weighted by molar-refractivity contribution is 5.82. The van der Waals surface area contributed by atoms with E-state index < -0.39 is 6.04 Å². The van der Waals surface area contributed by atoms with Crippen LogP contribution in [0.15, 0.2) is 24.3 Å². The number of nitrogens with zero attached hydrogens (tertiary/aromatic N) is 1. The van der Waals surface area contributed by atoms with Gasteiger partial charge in [-0.2, -0.15) is 0 Å². The summed E-state index contributed by atoms with van der Waals surface area (Å²) in [5.41, 5.74) is 6.82. The van der Waals surface area contributed by atoms with Crippen molar-refractivity contribution >= 4 is 5.91 Å². The summed E-state index contributed by atoms with van der Waals surface area (Å²) in [4.78, 5) is 13.6. The lowest BCUT2D eigenvalue weighted by Crippen LogP contribution is -2.45. The van der Waals surface area contributed by atoms with E-state index in [9.17, 15) is 4.79 Å². The number of carbonyl (C=O) groups excluding carboxylic acids is 1. The van der Waals surface area contributed by atoms with Crippen LogP contribution in [0, 0.1) is 0 Å².